The molecular formula is C11H15NO3S2. The summed E-state index contributed by atoms with van der Waals surface area (Å²) in [6.07, 6.45) is 0.866. The number of thioether (sulfide) groups is 1. The maximum absolute atomic E-state index is 12.1. The molecule has 17 heavy (non-hydrogen) atoms. The van der Waals surface area contributed by atoms with Crippen molar-refractivity contribution >= 4 is 21.8 Å². The fourth-order valence-electron chi connectivity index (χ4n) is 1.81. The van der Waals surface area contributed by atoms with Gasteiger partial charge in [-0.15, -0.1) is 0 Å². The summed E-state index contributed by atoms with van der Waals surface area (Å²) in [5, 5.41) is 9.15. The van der Waals surface area contributed by atoms with Crippen LogP contribution < -0.4 is 4.72 Å². The molecule has 1 aliphatic heterocycles. The van der Waals surface area contributed by atoms with E-state index in [0.29, 0.717) is 5.56 Å². The van der Waals surface area contributed by atoms with E-state index in [1.165, 1.54) is 6.07 Å². The van der Waals surface area contributed by atoms with E-state index in [-0.39, 0.29) is 17.5 Å². The van der Waals surface area contributed by atoms with Crippen molar-refractivity contribution in [2.24, 2.45) is 0 Å². The van der Waals surface area contributed by atoms with Crippen LogP contribution in [0, 0.1) is 0 Å². The zero-order valence-electron chi connectivity index (χ0n) is 9.30. The molecule has 1 unspecified atom stereocenters. The zero-order chi connectivity index (χ0) is 12.3. The van der Waals surface area contributed by atoms with Crippen molar-refractivity contribution in [2.45, 2.75) is 24.0 Å². The third kappa shape index (κ3) is 3.01. The Hall–Kier alpha value is -0.560. The minimum absolute atomic E-state index is 0.0109. The average Bonchev–Trinajstić information content (AvgIpc) is 2.81. The second-order valence-corrected chi connectivity index (χ2v) is 6.78. The van der Waals surface area contributed by atoms with Crippen molar-refractivity contribution < 1.29 is 13.5 Å². The maximum atomic E-state index is 12.1. The van der Waals surface area contributed by atoms with Crippen LogP contribution in [0.1, 0.15) is 12.0 Å². The minimum atomic E-state index is -3.51. The van der Waals surface area contributed by atoms with Gasteiger partial charge in [0.05, 0.1) is 11.5 Å². The van der Waals surface area contributed by atoms with Gasteiger partial charge in [0, 0.05) is 11.8 Å². The van der Waals surface area contributed by atoms with Gasteiger partial charge in [-0.1, -0.05) is 18.2 Å². The third-order valence-corrected chi connectivity index (χ3v) is 5.47. The number of hydrogen-bond donors (Lipinski definition) is 2. The van der Waals surface area contributed by atoms with Gasteiger partial charge in [-0.3, -0.25) is 0 Å². The summed E-state index contributed by atoms with van der Waals surface area (Å²) in [6, 6.07) is 6.54. The van der Waals surface area contributed by atoms with Crippen molar-refractivity contribution in [1.82, 2.24) is 4.72 Å². The van der Waals surface area contributed by atoms with Crippen molar-refractivity contribution in [2.75, 3.05) is 11.5 Å². The van der Waals surface area contributed by atoms with Gasteiger partial charge in [0.1, 0.15) is 0 Å². The van der Waals surface area contributed by atoms with E-state index in [1.54, 1.807) is 30.0 Å². The van der Waals surface area contributed by atoms with E-state index < -0.39 is 10.0 Å². The molecule has 0 amide bonds. The molecule has 0 radical (unpaired) electrons. The smallest absolute Gasteiger partial charge is 0.241 e. The van der Waals surface area contributed by atoms with Crippen LogP contribution in [-0.4, -0.2) is 31.1 Å². The largest absolute Gasteiger partial charge is 0.392 e. The molecule has 1 aliphatic rings. The Balaban J connectivity index is 2.24. The fraction of sp³-hybridized carbons (Fsp3) is 0.455. The van der Waals surface area contributed by atoms with Crippen LogP contribution in [0.2, 0.25) is 0 Å². The summed E-state index contributed by atoms with van der Waals surface area (Å²) in [6.45, 7) is -0.267. The molecule has 1 saturated heterocycles. The first-order chi connectivity index (χ1) is 8.13. The lowest BCUT2D eigenvalue weighted by Gasteiger charge is -2.13. The molecule has 1 fully saturated rings. The summed E-state index contributed by atoms with van der Waals surface area (Å²) in [7, 11) is -3.51. The predicted molar refractivity (Wildman–Crippen MR) is 68.4 cm³/mol. The Morgan fingerprint density at radius 1 is 1.41 bits per heavy atom. The molecule has 2 rings (SSSR count). The van der Waals surface area contributed by atoms with Gasteiger partial charge in [0.25, 0.3) is 0 Å². The molecule has 1 atom stereocenters. The number of rotatable bonds is 4. The molecule has 0 aromatic heterocycles. The van der Waals surface area contributed by atoms with Crippen molar-refractivity contribution in [1.29, 1.82) is 0 Å². The minimum Gasteiger partial charge on any atom is -0.392 e. The highest BCUT2D eigenvalue weighted by Gasteiger charge is 2.24. The number of sulfonamides is 1. The Morgan fingerprint density at radius 3 is 2.82 bits per heavy atom. The van der Waals surface area contributed by atoms with Gasteiger partial charge < -0.3 is 5.11 Å². The molecule has 1 aromatic carbocycles. The molecule has 0 saturated carbocycles. The lowest BCUT2D eigenvalue weighted by Crippen LogP contribution is -2.35. The van der Waals surface area contributed by atoms with Crippen molar-refractivity contribution in [3.8, 4) is 0 Å². The van der Waals surface area contributed by atoms with Crippen LogP contribution in [0.4, 0.5) is 0 Å². The predicted octanol–water partition coefficient (Wildman–Crippen LogP) is 0.963. The molecule has 4 nitrogen and oxygen atoms in total. The van der Waals surface area contributed by atoms with Crippen LogP contribution in [0.5, 0.6) is 0 Å². The van der Waals surface area contributed by atoms with Crippen LogP contribution in [-0.2, 0) is 16.6 Å². The quantitative estimate of drug-likeness (QED) is 0.857. The second kappa shape index (κ2) is 5.39. The summed E-state index contributed by atoms with van der Waals surface area (Å²) in [5.74, 6) is 1.81. The van der Waals surface area contributed by atoms with E-state index in [1.807, 2.05) is 0 Å². The van der Waals surface area contributed by atoms with Crippen molar-refractivity contribution in [3.63, 3.8) is 0 Å². The van der Waals surface area contributed by atoms with E-state index in [9.17, 15) is 8.42 Å². The Morgan fingerprint density at radius 2 is 2.18 bits per heavy atom. The topological polar surface area (TPSA) is 66.4 Å². The number of benzene rings is 1. The standard InChI is InChI=1S/C11H15NO3S2/c13-7-9-3-1-2-4-11(9)17(14,15)12-10-5-6-16-8-10/h1-4,10,12-13H,5-8H2. The Kier molecular flexibility index (Phi) is 4.09. The van der Waals surface area contributed by atoms with Gasteiger partial charge in [0.2, 0.25) is 10.0 Å². The van der Waals surface area contributed by atoms with Gasteiger partial charge >= 0.3 is 0 Å². The first-order valence-corrected chi connectivity index (χ1v) is 8.06. The SMILES string of the molecule is O=S(=O)(NC1CCSC1)c1ccccc1CO. The highest BCUT2D eigenvalue weighted by atomic mass is 32.2. The van der Waals surface area contributed by atoms with E-state index >= 15 is 0 Å². The molecule has 0 aliphatic carbocycles. The normalized spacial score (nSPS) is 20.6. The molecule has 94 valence electrons. The Bertz CT molecular complexity index is 481. The summed E-state index contributed by atoms with van der Waals surface area (Å²) in [5.41, 5.74) is 0.436. The molecule has 1 heterocycles. The third-order valence-electron chi connectivity index (χ3n) is 2.68. The zero-order valence-corrected chi connectivity index (χ0v) is 10.9. The second-order valence-electron chi connectivity index (χ2n) is 3.95. The van der Waals surface area contributed by atoms with Crippen LogP contribution in [0.3, 0.4) is 0 Å². The molecule has 2 N–H and O–H groups in total. The summed E-state index contributed by atoms with van der Waals surface area (Å²) >= 11 is 1.75. The monoisotopic (exact) mass is 273 g/mol. The van der Waals surface area contributed by atoms with Crippen LogP contribution >= 0.6 is 11.8 Å². The lowest BCUT2D eigenvalue weighted by molar-refractivity contribution is 0.278. The van der Waals surface area contributed by atoms with Crippen LogP contribution in [0.15, 0.2) is 29.2 Å². The number of nitrogens with one attached hydrogen (secondary N) is 1. The van der Waals surface area contributed by atoms with Gasteiger partial charge in [-0.2, -0.15) is 11.8 Å². The number of aliphatic hydroxyl groups is 1. The molecule has 1 aromatic rings. The van der Waals surface area contributed by atoms with Crippen LogP contribution in [0.25, 0.3) is 0 Å². The maximum Gasteiger partial charge on any atom is 0.241 e. The molecular weight excluding hydrogens is 258 g/mol. The Labute approximate surface area is 105 Å². The van der Waals surface area contributed by atoms with E-state index in [0.717, 1.165) is 17.9 Å². The van der Waals surface area contributed by atoms with Crippen molar-refractivity contribution in [3.05, 3.63) is 29.8 Å². The number of aliphatic hydroxyl groups excluding tert-OH is 1. The first-order valence-electron chi connectivity index (χ1n) is 5.42. The fourth-order valence-corrected chi connectivity index (χ4v) is 4.57. The highest BCUT2D eigenvalue weighted by molar-refractivity contribution is 7.99. The van der Waals surface area contributed by atoms with Gasteiger partial charge in [0.15, 0.2) is 0 Å². The van der Waals surface area contributed by atoms with Gasteiger partial charge in [-0.05, 0) is 23.8 Å². The molecule has 6 heteroatoms. The summed E-state index contributed by atoms with van der Waals surface area (Å²) < 4.78 is 27.0. The van der Waals surface area contributed by atoms with Gasteiger partial charge in [-0.25, -0.2) is 13.1 Å². The first kappa shape index (κ1) is 12.9. The average molecular weight is 273 g/mol. The molecule has 0 bridgehead atoms. The summed E-state index contributed by atoms with van der Waals surface area (Å²) in [4.78, 5) is 0.180. The highest BCUT2D eigenvalue weighted by Crippen LogP contribution is 2.21. The van der Waals surface area contributed by atoms with E-state index in [2.05, 4.69) is 4.72 Å². The molecule has 0 spiro atoms. The number of hydrogen-bond acceptors (Lipinski definition) is 4. The lowest BCUT2D eigenvalue weighted by atomic mass is 10.2. The van der Waals surface area contributed by atoms with E-state index in [4.69, 9.17) is 5.11 Å².